The van der Waals surface area contributed by atoms with E-state index in [2.05, 4.69) is 12.2 Å². The second-order valence-corrected chi connectivity index (χ2v) is 7.90. The van der Waals surface area contributed by atoms with Crippen molar-refractivity contribution < 1.29 is 9.59 Å². The number of halogens is 2. The Balaban J connectivity index is 2.23. The van der Waals surface area contributed by atoms with Gasteiger partial charge in [0.05, 0.1) is 6.42 Å². The zero-order valence-electron chi connectivity index (χ0n) is 17.0. The zero-order chi connectivity index (χ0) is 21.2. The Labute approximate surface area is 183 Å². The van der Waals surface area contributed by atoms with Gasteiger partial charge in [0.2, 0.25) is 11.8 Å². The molecule has 2 aromatic rings. The number of nitrogens with zero attached hydrogens (tertiary/aromatic N) is 1. The van der Waals surface area contributed by atoms with Crippen LogP contribution in [0.1, 0.15) is 44.2 Å². The Morgan fingerprint density at radius 2 is 1.72 bits per heavy atom. The van der Waals surface area contributed by atoms with Crippen LogP contribution in [-0.2, 0) is 22.6 Å². The summed E-state index contributed by atoms with van der Waals surface area (Å²) in [5.74, 6) is -0.228. The molecule has 0 bridgehead atoms. The van der Waals surface area contributed by atoms with E-state index in [9.17, 15) is 9.59 Å². The van der Waals surface area contributed by atoms with Crippen molar-refractivity contribution in [2.24, 2.45) is 0 Å². The molecule has 2 amide bonds. The highest BCUT2D eigenvalue weighted by Gasteiger charge is 2.28. The highest BCUT2D eigenvalue weighted by molar-refractivity contribution is 6.30. The highest BCUT2D eigenvalue weighted by atomic mass is 35.5. The third-order valence-electron chi connectivity index (χ3n) is 4.73. The summed E-state index contributed by atoms with van der Waals surface area (Å²) in [5.41, 5.74) is 1.75. The van der Waals surface area contributed by atoms with Gasteiger partial charge < -0.3 is 10.2 Å². The van der Waals surface area contributed by atoms with E-state index in [0.717, 1.165) is 24.0 Å². The summed E-state index contributed by atoms with van der Waals surface area (Å²) in [4.78, 5) is 27.7. The third kappa shape index (κ3) is 7.37. The van der Waals surface area contributed by atoms with Gasteiger partial charge in [-0.25, -0.2) is 0 Å². The molecule has 0 aliphatic carbocycles. The van der Waals surface area contributed by atoms with Gasteiger partial charge in [0, 0.05) is 23.1 Å². The Bertz CT molecular complexity index is 809. The van der Waals surface area contributed by atoms with Gasteiger partial charge in [-0.2, -0.15) is 0 Å². The van der Waals surface area contributed by atoms with Crippen molar-refractivity contribution >= 4 is 35.0 Å². The van der Waals surface area contributed by atoms with Crippen LogP contribution in [0, 0.1) is 0 Å². The van der Waals surface area contributed by atoms with E-state index >= 15 is 0 Å². The number of hydrogen-bond acceptors (Lipinski definition) is 2. The van der Waals surface area contributed by atoms with Crippen LogP contribution in [0.5, 0.6) is 0 Å². The first-order chi connectivity index (χ1) is 13.9. The van der Waals surface area contributed by atoms with Gasteiger partial charge in [0.25, 0.3) is 0 Å². The standard InChI is InChI=1S/C23H28Cl2N2O2/c1-3-5-13-26-23(29)21(4-2)27(16-17-9-11-19(24)12-10-17)22(28)15-18-7-6-8-20(25)14-18/h6-12,14,21H,3-5,13,15-16H2,1-2H3,(H,26,29)/t21-/m0/s1. The second kappa shape index (κ2) is 11.8. The fourth-order valence-electron chi connectivity index (χ4n) is 3.14. The molecule has 2 aromatic carbocycles. The lowest BCUT2D eigenvalue weighted by Gasteiger charge is -2.31. The molecule has 0 fully saturated rings. The summed E-state index contributed by atoms with van der Waals surface area (Å²) in [5, 5.41) is 4.18. The Morgan fingerprint density at radius 1 is 1.00 bits per heavy atom. The molecule has 6 heteroatoms. The first-order valence-electron chi connectivity index (χ1n) is 10.0. The second-order valence-electron chi connectivity index (χ2n) is 7.02. The summed E-state index contributed by atoms with van der Waals surface area (Å²) < 4.78 is 0. The normalized spacial score (nSPS) is 11.7. The summed E-state index contributed by atoms with van der Waals surface area (Å²) in [6.45, 7) is 4.95. The lowest BCUT2D eigenvalue weighted by molar-refractivity contribution is -0.140. The molecule has 0 heterocycles. The van der Waals surface area contributed by atoms with Crippen LogP contribution in [0.2, 0.25) is 10.0 Å². The molecule has 1 N–H and O–H groups in total. The van der Waals surface area contributed by atoms with Gasteiger partial charge in [0.1, 0.15) is 6.04 Å². The molecule has 156 valence electrons. The van der Waals surface area contributed by atoms with Gasteiger partial charge in [-0.05, 0) is 48.2 Å². The molecule has 0 spiro atoms. The van der Waals surface area contributed by atoms with E-state index in [4.69, 9.17) is 23.2 Å². The topological polar surface area (TPSA) is 49.4 Å². The van der Waals surface area contributed by atoms with Crippen molar-refractivity contribution in [3.05, 3.63) is 69.7 Å². The predicted molar refractivity (Wildman–Crippen MR) is 119 cm³/mol. The van der Waals surface area contributed by atoms with Crippen molar-refractivity contribution in [1.82, 2.24) is 10.2 Å². The molecule has 29 heavy (non-hydrogen) atoms. The average Bonchev–Trinajstić information content (AvgIpc) is 2.69. The van der Waals surface area contributed by atoms with Gasteiger partial charge in [-0.3, -0.25) is 9.59 Å². The van der Waals surface area contributed by atoms with Gasteiger partial charge in [-0.15, -0.1) is 0 Å². The number of hydrogen-bond donors (Lipinski definition) is 1. The zero-order valence-corrected chi connectivity index (χ0v) is 18.5. The molecular weight excluding hydrogens is 407 g/mol. The maximum atomic E-state index is 13.2. The molecule has 0 aliphatic rings. The van der Waals surface area contributed by atoms with Crippen LogP contribution in [-0.4, -0.2) is 29.3 Å². The van der Waals surface area contributed by atoms with Crippen molar-refractivity contribution in [3.63, 3.8) is 0 Å². The van der Waals surface area contributed by atoms with Crippen LogP contribution >= 0.6 is 23.2 Å². The van der Waals surface area contributed by atoms with Crippen LogP contribution in [0.15, 0.2) is 48.5 Å². The molecule has 0 radical (unpaired) electrons. The van der Waals surface area contributed by atoms with E-state index in [1.807, 2.05) is 31.2 Å². The van der Waals surface area contributed by atoms with Crippen molar-refractivity contribution in [1.29, 1.82) is 0 Å². The molecule has 0 saturated heterocycles. The van der Waals surface area contributed by atoms with E-state index in [1.165, 1.54) is 0 Å². The largest absolute Gasteiger partial charge is 0.354 e. The maximum Gasteiger partial charge on any atom is 0.242 e. The van der Waals surface area contributed by atoms with Crippen LogP contribution in [0.3, 0.4) is 0 Å². The quantitative estimate of drug-likeness (QED) is 0.518. The fourth-order valence-corrected chi connectivity index (χ4v) is 3.47. The minimum atomic E-state index is -0.533. The molecule has 0 aliphatic heterocycles. The van der Waals surface area contributed by atoms with Crippen LogP contribution in [0.25, 0.3) is 0 Å². The minimum absolute atomic E-state index is 0.111. The lowest BCUT2D eigenvalue weighted by Crippen LogP contribution is -2.49. The predicted octanol–water partition coefficient (Wildman–Crippen LogP) is 5.26. The smallest absolute Gasteiger partial charge is 0.242 e. The van der Waals surface area contributed by atoms with Crippen LogP contribution < -0.4 is 5.32 Å². The number of unbranched alkanes of at least 4 members (excludes halogenated alkanes) is 1. The molecule has 0 saturated carbocycles. The third-order valence-corrected chi connectivity index (χ3v) is 5.21. The number of amides is 2. The first-order valence-corrected chi connectivity index (χ1v) is 10.8. The molecule has 0 aromatic heterocycles. The van der Waals surface area contributed by atoms with Gasteiger partial charge in [0.15, 0.2) is 0 Å². The summed E-state index contributed by atoms with van der Waals surface area (Å²) in [6, 6.07) is 14.1. The lowest BCUT2D eigenvalue weighted by atomic mass is 10.1. The summed E-state index contributed by atoms with van der Waals surface area (Å²) >= 11 is 12.0. The fraction of sp³-hybridized carbons (Fsp3) is 0.391. The molecule has 0 unspecified atom stereocenters. The maximum absolute atomic E-state index is 13.2. The highest BCUT2D eigenvalue weighted by Crippen LogP contribution is 2.18. The van der Waals surface area contributed by atoms with E-state index in [1.54, 1.807) is 29.2 Å². The van der Waals surface area contributed by atoms with Crippen molar-refractivity contribution in [2.75, 3.05) is 6.54 Å². The van der Waals surface area contributed by atoms with Gasteiger partial charge >= 0.3 is 0 Å². The van der Waals surface area contributed by atoms with Gasteiger partial charge in [-0.1, -0.05) is 67.7 Å². The molecule has 1 atom stereocenters. The van der Waals surface area contributed by atoms with Crippen molar-refractivity contribution in [3.8, 4) is 0 Å². The first kappa shape index (κ1) is 23.2. The SMILES string of the molecule is CCCCNC(=O)[C@H](CC)N(Cc1ccc(Cl)cc1)C(=O)Cc1cccc(Cl)c1. The number of benzene rings is 2. The number of nitrogens with one attached hydrogen (secondary N) is 1. The molecule has 4 nitrogen and oxygen atoms in total. The van der Waals surface area contributed by atoms with E-state index < -0.39 is 6.04 Å². The number of carbonyl (C=O) groups is 2. The molecular formula is C23H28Cl2N2O2. The number of carbonyl (C=O) groups excluding carboxylic acids is 2. The Morgan fingerprint density at radius 3 is 2.34 bits per heavy atom. The summed E-state index contributed by atoms with van der Waals surface area (Å²) in [6.07, 6.45) is 2.63. The molecule has 2 rings (SSSR count). The Hall–Kier alpha value is -2.04. The van der Waals surface area contributed by atoms with E-state index in [0.29, 0.717) is 29.6 Å². The summed E-state index contributed by atoms with van der Waals surface area (Å²) in [7, 11) is 0. The van der Waals surface area contributed by atoms with Crippen molar-refractivity contribution in [2.45, 2.75) is 52.1 Å². The number of rotatable bonds is 10. The minimum Gasteiger partial charge on any atom is -0.354 e. The van der Waals surface area contributed by atoms with E-state index in [-0.39, 0.29) is 18.2 Å². The Kier molecular flexibility index (Phi) is 9.49. The van der Waals surface area contributed by atoms with Crippen LogP contribution in [0.4, 0.5) is 0 Å². The average molecular weight is 435 g/mol. The monoisotopic (exact) mass is 434 g/mol.